The molecule has 1 heteroatoms. The molecule has 0 amide bonds. The zero-order valence-electron chi connectivity index (χ0n) is 12.0. The number of benzene rings is 2. The van der Waals surface area contributed by atoms with Gasteiger partial charge < -0.3 is 5.73 Å². The standard InChI is InChI=1S/C19H21N/c1-2-3-4-16-5-7-17(8-6-16)9-10-18-11-13-19(15-20)14-12-18/h5-8,11-14H,2-4,15,20H2,1H3. The molecule has 102 valence electrons. The van der Waals surface area contributed by atoms with Crippen LogP contribution < -0.4 is 5.73 Å². The van der Waals surface area contributed by atoms with E-state index in [-0.39, 0.29) is 0 Å². The number of unbranched alkanes of at least 4 members (excludes halogenated alkanes) is 1. The molecule has 1 nitrogen and oxygen atoms in total. The van der Waals surface area contributed by atoms with Gasteiger partial charge in [0.05, 0.1) is 0 Å². The first-order valence-electron chi connectivity index (χ1n) is 7.22. The van der Waals surface area contributed by atoms with Crippen LogP contribution in [-0.2, 0) is 13.0 Å². The zero-order valence-corrected chi connectivity index (χ0v) is 12.0. The largest absolute Gasteiger partial charge is 0.326 e. The van der Waals surface area contributed by atoms with Crippen LogP contribution in [0.1, 0.15) is 42.0 Å². The number of rotatable bonds is 4. The Kier molecular flexibility index (Phi) is 5.41. The molecule has 0 heterocycles. The maximum atomic E-state index is 5.58. The van der Waals surface area contributed by atoms with Gasteiger partial charge in [-0.1, -0.05) is 49.5 Å². The van der Waals surface area contributed by atoms with Crippen molar-refractivity contribution in [2.24, 2.45) is 5.73 Å². The summed E-state index contributed by atoms with van der Waals surface area (Å²) in [5, 5.41) is 0. The van der Waals surface area contributed by atoms with E-state index in [1.807, 2.05) is 24.3 Å². The van der Waals surface area contributed by atoms with E-state index in [1.54, 1.807) is 0 Å². The highest BCUT2D eigenvalue weighted by atomic mass is 14.5. The molecule has 2 aromatic rings. The average molecular weight is 263 g/mol. The van der Waals surface area contributed by atoms with Crippen molar-refractivity contribution in [2.75, 3.05) is 0 Å². The predicted octanol–water partition coefficient (Wildman–Crippen LogP) is 3.89. The normalized spacial score (nSPS) is 9.90. The van der Waals surface area contributed by atoms with Crippen molar-refractivity contribution in [3.05, 3.63) is 70.8 Å². The third-order valence-electron chi connectivity index (χ3n) is 3.31. The predicted molar refractivity (Wildman–Crippen MR) is 85.4 cm³/mol. The molecule has 0 fully saturated rings. The second-order valence-electron chi connectivity index (χ2n) is 4.95. The van der Waals surface area contributed by atoms with Crippen LogP contribution in [0.5, 0.6) is 0 Å². The van der Waals surface area contributed by atoms with Gasteiger partial charge in [0.1, 0.15) is 0 Å². The second-order valence-corrected chi connectivity index (χ2v) is 4.95. The van der Waals surface area contributed by atoms with E-state index in [2.05, 4.69) is 43.0 Å². The summed E-state index contributed by atoms with van der Waals surface area (Å²) in [6.07, 6.45) is 3.64. The van der Waals surface area contributed by atoms with Crippen LogP contribution in [-0.4, -0.2) is 0 Å². The smallest absolute Gasteiger partial charge is 0.0249 e. The minimum absolute atomic E-state index is 0.576. The Labute approximate surface area is 121 Å². The van der Waals surface area contributed by atoms with E-state index < -0.39 is 0 Å². The van der Waals surface area contributed by atoms with Crippen LogP contribution in [0, 0.1) is 11.8 Å². The van der Waals surface area contributed by atoms with E-state index in [9.17, 15) is 0 Å². The molecule has 0 radical (unpaired) electrons. The molecule has 0 aliphatic rings. The molecule has 0 atom stereocenters. The van der Waals surface area contributed by atoms with Gasteiger partial charge in [-0.2, -0.15) is 0 Å². The molecule has 0 aromatic heterocycles. The van der Waals surface area contributed by atoms with Gasteiger partial charge in [-0.3, -0.25) is 0 Å². The molecule has 2 rings (SSSR count). The van der Waals surface area contributed by atoms with Crippen LogP contribution in [0.15, 0.2) is 48.5 Å². The molecule has 0 unspecified atom stereocenters. The first kappa shape index (κ1) is 14.4. The summed E-state index contributed by atoms with van der Waals surface area (Å²) in [4.78, 5) is 0. The summed E-state index contributed by atoms with van der Waals surface area (Å²) in [5.41, 5.74) is 10.2. The molecule has 0 spiro atoms. The lowest BCUT2D eigenvalue weighted by atomic mass is 10.1. The lowest BCUT2D eigenvalue weighted by molar-refractivity contribution is 0.795. The van der Waals surface area contributed by atoms with Crippen LogP contribution in [0.25, 0.3) is 0 Å². The van der Waals surface area contributed by atoms with Gasteiger partial charge in [-0.15, -0.1) is 0 Å². The summed E-state index contributed by atoms with van der Waals surface area (Å²) in [6, 6.07) is 16.7. The summed E-state index contributed by atoms with van der Waals surface area (Å²) < 4.78 is 0. The highest BCUT2D eigenvalue weighted by Gasteiger charge is 1.93. The molecule has 0 bridgehead atoms. The van der Waals surface area contributed by atoms with Gasteiger partial charge in [0.25, 0.3) is 0 Å². The van der Waals surface area contributed by atoms with Gasteiger partial charge in [0.15, 0.2) is 0 Å². The molecule has 0 saturated heterocycles. The lowest BCUT2D eigenvalue weighted by Gasteiger charge is -1.99. The molecule has 2 aromatic carbocycles. The van der Waals surface area contributed by atoms with Crippen molar-refractivity contribution in [3.63, 3.8) is 0 Å². The van der Waals surface area contributed by atoms with Gasteiger partial charge >= 0.3 is 0 Å². The van der Waals surface area contributed by atoms with Gasteiger partial charge in [-0.25, -0.2) is 0 Å². The molecule has 20 heavy (non-hydrogen) atoms. The first-order valence-corrected chi connectivity index (χ1v) is 7.22. The Morgan fingerprint density at radius 2 is 1.30 bits per heavy atom. The van der Waals surface area contributed by atoms with Crippen molar-refractivity contribution in [1.29, 1.82) is 0 Å². The monoisotopic (exact) mass is 263 g/mol. The Balaban J connectivity index is 2.04. The Hall–Kier alpha value is -2.04. The van der Waals surface area contributed by atoms with Crippen molar-refractivity contribution in [1.82, 2.24) is 0 Å². The maximum absolute atomic E-state index is 5.58. The fourth-order valence-electron chi connectivity index (χ4n) is 2.00. The van der Waals surface area contributed by atoms with Crippen LogP contribution in [0.3, 0.4) is 0 Å². The molecule has 0 saturated carbocycles. The van der Waals surface area contributed by atoms with Gasteiger partial charge in [0, 0.05) is 17.7 Å². The quantitative estimate of drug-likeness (QED) is 0.832. The van der Waals surface area contributed by atoms with E-state index in [0.717, 1.165) is 23.1 Å². The van der Waals surface area contributed by atoms with E-state index in [1.165, 1.54) is 18.4 Å². The first-order chi connectivity index (χ1) is 9.81. The Morgan fingerprint density at radius 3 is 1.75 bits per heavy atom. The summed E-state index contributed by atoms with van der Waals surface area (Å²) >= 11 is 0. The van der Waals surface area contributed by atoms with E-state index >= 15 is 0 Å². The second kappa shape index (κ2) is 7.53. The molecule has 0 aliphatic carbocycles. The fraction of sp³-hybridized carbons (Fsp3) is 0.263. The number of hydrogen-bond acceptors (Lipinski definition) is 1. The SMILES string of the molecule is CCCCc1ccc(C#Cc2ccc(CN)cc2)cc1. The van der Waals surface area contributed by atoms with Gasteiger partial charge in [0.2, 0.25) is 0 Å². The van der Waals surface area contributed by atoms with E-state index in [0.29, 0.717) is 6.54 Å². The molecular weight excluding hydrogens is 242 g/mol. The van der Waals surface area contributed by atoms with Crippen molar-refractivity contribution in [3.8, 4) is 11.8 Å². The summed E-state index contributed by atoms with van der Waals surface area (Å²) in [7, 11) is 0. The number of aryl methyl sites for hydroxylation is 1. The third-order valence-corrected chi connectivity index (χ3v) is 3.31. The van der Waals surface area contributed by atoms with Crippen LogP contribution >= 0.6 is 0 Å². The maximum Gasteiger partial charge on any atom is 0.0249 e. The highest BCUT2D eigenvalue weighted by Crippen LogP contribution is 2.08. The van der Waals surface area contributed by atoms with Crippen LogP contribution in [0.4, 0.5) is 0 Å². The van der Waals surface area contributed by atoms with Crippen molar-refractivity contribution in [2.45, 2.75) is 32.7 Å². The molecule has 2 N–H and O–H groups in total. The highest BCUT2D eigenvalue weighted by molar-refractivity contribution is 5.44. The number of hydrogen-bond donors (Lipinski definition) is 1. The summed E-state index contributed by atoms with van der Waals surface area (Å²) in [5.74, 6) is 6.38. The van der Waals surface area contributed by atoms with Gasteiger partial charge in [-0.05, 0) is 48.2 Å². The molecular formula is C19H21N. The van der Waals surface area contributed by atoms with Crippen molar-refractivity contribution < 1.29 is 0 Å². The fourth-order valence-corrected chi connectivity index (χ4v) is 2.00. The summed E-state index contributed by atoms with van der Waals surface area (Å²) in [6.45, 7) is 2.79. The molecule has 0 aliphatic heterocycles. The average Bonchev–Trinajstić information content (AvgIpc) is 2.52. The topological polar surface area (TPSA) is 26.0 Å². The number of nitrogens with two attached hydrogens (primary N) is 1. The van der Waals surface area contributed by atoms with Crippen LogP contribution in [0.2, 0.25) is 0 Å². The minimum atomic E-state index is 0.576. The van der Waals surface area contributed by atoms with E-state index in [4.69, 9.17) is 5.73 Å². The zero-order chi connectivity index (χ0) is 14.2. The Morgan fingerprint density at radius 1 is 0.800 bits per heavy atom. The Bertz CT molecular complexity index is 582. The van der Waals surface area contributed by atoms with Crippen molar-refractivity contribution >= 4 is 0 Å². The lowest BCUT2D eigenvalue weighted by Crippen LogP contribution is -1.95. The minimum Gasteiger partial charge on any atom is -0.326 e. The third kappa shape index (κ3) is 4.26.